The molecule has 0 spiro atoms. The Morgan fingerprint density at radius 2 is 1.83 bits per heavy atom. The second-order valence-electron chi connectivity index (χ2n) is 13.4. The molecule has 232 valence electrons. The number of carbonyl (C=O) groups excluding carboxylic acids is 4. The summed E-state index contributed by atoms with van der Waals surface area (Å²) in [5.41, 5.74) is 1.02. The molecule has 1 aromatic rings. The minimum atomic E-state index is -0.987. The summed E-state index contributed by atoms with van der Waals surface area (Å²) in [7, 11) is 1.25. The van der Waals surface area contributed by atoms with E-state index >= 15 is 0 Å². The number of alkyl carbamates (subject to hydrolysis) is 1. The maximum Gasteiger partial charge on any atom is 0.410 e. The van der Waals surface area contributed by atoms with Crippen LogP contribution in [0.15, 0.2) is 18.2 Å². The van der Waals surface area contributed by atoms with Gasteiger partial charge in [0.25, 0.3) is 0 Å². The van der Waals surface area contributed by atoms with Gasteiger partial charge in [-0.05, 0) is 35.3 Å². The molecule has 0 radical (unpaired) electrons. The molecule has 3 atom stereocenters. The molecular formula is C31H45N3O8. The van der Waals surface area contributed by atoms with Crippen LogP contribution in [0.1, 0.15) is 77.8 Å². The highest BCUT2D eigenvalue weighted by Gasteiger charge is 2.47. The van der Waals surface area contributed by atoms with Crippen LogP contribution in [-0.2, 0) is 36.9 Å². The molecule has 0 aliphatic carbocycles. The van der Waals surface area contributed by atoms with E-state index in [2.05, 4.69) is 5.32 Å². The Hall–Kier alpha value is -3.50. The third kappa shape index (κ3) is 7.46. The highest BCUT2D eigenvalue weighted by atomic mass is 16.6. The molecule has 11 heteroatoms. The number of amides is 3. The van der Waals surface area contributed by atoms with E-state index in [0.717, 1.165) is 42.6 Å². The molecule has 0 aromatic heterocycles. The van der Waals surface area contributed by atoms with Gasteiger partial charge in [-0.25, -0.2) is 14.4 Å². The molecular weight excluding hydrogens is 542 g/mol. The van der Waals surface area contributed by atoms with E-state index in [0.29, 0.717) is 19.7 Å². The van der Waals surface area contributed by atoms with Crippen molar-refractivity contribution in [3.05, 3.63) is 29.3 Å². The lowest BCUT2D eigenvalue weighted by atomic mass is 9.85. The first-order chi connectivity index (χ1) is 19.8. The molecule has 3 aliphatic rings. The Morgan fingerprint density at radius 3 is 2.55 bits per heavy atom. The summed E-state index contributed by atoms with van der Waals surface area (Å²) >= 11 is 0. The number of esters is 1. The third-order valence-electron chi connectivity index (χ3n) is 8.21. The number of hydrogen-bond donors (Lipinski definition) is 1. The Morgan fingerprint density at radius 1 is 1.07 bits per heavy atom. The number of fused-ring (bicyclic) bond motifs is 3. The molecule has 0 saturated carbocycles. The van der Waals surface area contributed by atoms with Gasteiger partial charge in [-0.15, -0.1) is 0 Å². The lowest BCUT2D eigenvalue weighted by Gasteiger charge is -2.35. The van der Waals surface area contributed by atoms with E-state index in [4.69, 9.17) is 18.9 Å². The normalized spacial score (nSPS) is 25.8. The first-order valence-corrected chi connectivity index (χ1v) is 14.8. The zero-order valence-electron chi connectivity index (χ0n) is 25.7. The number of ether oxygens (including phenoxy) is 4. The molecule has 3 amide bonds. The number of nitrogens with one attached hydrogen (secondary N) is 1. The van der Waals surface area contributed by atoms with Crippen LogP contribution in [0.5, 0.6) is 5.75 Å². The minimum Gasteiger partial charge on any atom is -0.493 e. The number of rotatable bonds is 1. The van der Waals surface area contributed by atoms with Crippen LogP contribution in [0.3, 0.4) is 0 Å². The van der Waals surface area contributed by atoms with Crippen molar-refractivity contribution < 1.29 is 38.1 Å². The predicted molar refractivity (Wildman–Crippen MR) is 154 cm³/mol. The summed E-state index contributed by atoms with van der Waals surface area (Å²) in [6.07, 6.45) is 1.78. The van der Waals surface area contributed by atoms with Gasteiger partial charge in [0, 0.05) is 18.5 Å². The minimum absolute atomic E-state index is 0.00414. The van der Waals surface area contributed by atoms with Crippen LogP contribution in [0.2, 0.25) is 0 Å². The van der Waals surface area contributed by atoms with E-state index in [-0.39, 0.29) is 25.0 Å². The number of nitrogens with zero attached hydrogens (tertiary/aromatic N) is 2. The average molecular weight is 588 g/mol. The molecule has 3 aliphatic heterocycles. The standard InChI is InChI=1S/C31H45N3O8/c1-30(2,3)25-26(35)34-17-21(15-23(34)27(36)39-6)42-29(38)33-16-20-11-10-12-24(22(20)18-33)40-14-9-7-8-13-31(4,5)19-41-28(37)32-25/h10-12,21,23,25H,7-9,13-19H2,1-6H3,(H,32,37)/t21-,23?,25-/m1/s1. The van der Waals surface area contributed by atoms with Gasteiger partial charge in [0.1, 0.15) is 23.9 Å². The van der Waals surface area contributed by atoms with Gasteiger partial charge in [-0.2, -0.15) is 0 Å². The molecule has 1 unspecified atom stereocenters. The lowest BCUT2D eigenvalue weighted by Crippen LogP contribution is -2.57. The second kappa shape index (κ2) is 12.8. The highest BCUT2D eigenvalue weighted by Crippen LogP contribution is 2.33. The molecule has 4 rings (SSSR count). The smallest absolute Gasteiger partial charge is 0.410 e. The van der Waals surface area contributed by atoms with Crippen LogP contribution >= 0.6 is 0 Å². The summed E-state index contributed by atoms with van der Waals surface area (Å²) in [6.45, 7) is 11.1. The van der Waals surface area contributed by atoms with Crippen LogP contribution in [0, 0.1) is 10.8 Å². The van der Waals surface area contributed by atoms with Crippen LogP contribution in [-0.4, -0.2) is 78.9 Å². The van der Waals surface area contributed by atoms with Crippen molar-refractivity contribution in [2.75, 3.05) is 26.9 Å². The number of cyclic esters (lactones) is 1. The molecule has 3 heterocycles. The van der Waals surface area contributed by atoms with Gasteiger partial charge in [0.15, 0.2) is 0 Å². The molecule has 1 aromatic carbocycles. The Kier molecular flexibility index (Phi) is 9.57. The van der Waals surface area contributed by atoms with E-state index in [1.165, 1.54) is 12.0 Å². The summed E-state index contributed by atoms with van der Waals surface area (Å²) in [4.78, 5) is 55.7. The van der Waals surface area contributed by atoms with Gasteiger partial charge < -0.3 is 29.2 Å². The molecule has 1 saturated heterocycles. The maximum absolute atomic E-state index is 13.9. The average Bonchev–Trinajstić information content (AvgIpc) is 3.56. The van der Waals surface area contributed by atoms with Gasteiger partial charge in [-0.3, -0.25) is 9.69 Å². The number of carbonyl (C=O) groups is 4. The summed E-state index contributed by atoms with van der Waals surface area (Å²) in [5, 5.41) is 2.74. The van der Waals surface area contributed by atoms with Crippen molar-refractivity contribution in [2.45, 2.75) is 98.0 Å². The first-order valence-electron chi connectivity index (χ1n) is 14.8. The van der Waals surface area contributed by atoms with Crippen LogP contribution < -0.4 is 10.1 Å². The van der Waals surface area contributed by atoms with Crippen molar-refractivity contribution in [1.29, 1.82) is 0 Å². The maximum atomic E-state index is 13.9. The van der Waals surface area contributed by atoms with Crippen molar-refractivity contribution >= 4 is 24.1 Å². The molecule has 4 bridgehead atoms. The fourth-order valence-corrected chi connectivity index (χ4v) is 5.73. The summed E-state index contributed by atoms with van der Waals surface area (Å²) < 4.78 is 22.5. The highest BCUT2D eigenvalue weighted by molar-refractivity contribution is 5.91. The number of hydrogen-bond acceptors (Lipinski definition) is 8. The molecule has 11 nitrogen and oxygen atoms in total. The van der Waals surface area contributed by atoms with E-state index < -0.39 is 47.7 Å². The zero-order valence-corrected chi connectivity index (χ0v) is 25.7. The topological polar surface area (TPSA) is 124 Å². The van der Waals surface area contributed by atoms with Gasteiger partial charge in [0.2, 0.25) is 5.91 Å². The van der Waals surface area contributed by atoms with Crippen LogP contribution in [0.4, 0.5) is 9.59 Å². The molecule has 42 heavy (non-hydrogen) atoms. The molecule has 1 fully saturated rings. The number of benzene rings is 1. The lowest BCUT2D eigenvalue weighted by molar-refractivity contribution is -0.152. The van der Waals surface area contributed by atoms with Crippen molar-refractivity contribution in [3.8, 4) is 5.75 Å². The van der Waals surface area contributed by atoms with E-state index in [1.54, 1.807) is 4.90 Å². The Balaban J connectivity index is 1.58. The van der Waals surface area contributed by atoms with Crippen molar-refractivity contribution in [2.24, 2.45) is 10.8 Å². The monoisotopic (exact) mass is 587 g/mol. The Labute approximate surface area is 248 Å². The quantitative estimate of drug-likeness (QED) is 0.379. The van der Waals surface area contributed by atoms with E-state index in [9.17, 15) is 19.2 Å². The zero-order chi connectivity index (χ0) is 30.7. The fraction of sp³-hybridized carbons (Fsp3) is 0.677. The molecule has 1 N–H and O–H groups in total. The van der Waals surface area contributed by atoms with Crippen molar-refractivity contribution in [1.82, 2.24) is 15.1 Å². The predicted octanol–water partition coefficient (Wildman–Crippen LogP) is 4.40. The Bertz CT molecular complexity index is 1180. The van der Waals surface area contributed by atoms with Crippen LogP contribution in [0.25, 0.3) is 0 Å². The van der Waals surface area contributed by atoms with Gasteiger partial charge in [-0.1, -0.05) is 59.6 Å². The van der Waals surface area contributed by atoms with Gasteiger partial charge >= 0.3 is 18.2 Å². The van der Waals surface area contributed by atoms with E-state index in [1.807, 2.05) is 52.8 Å². The largest absolute Gasteiger partial charge is 0.493 e. The van der Waals surface area contributed by atoms with Crippen molar-refractivity contribution in [3.63, 3.8) is 0 Å². The summed E-state index contributed by atoms with van der Waals surface area (Å²) in [6, 6.07) is 3.88. The summed E-state index contributed by atoms with van der Waals surface area (Å²) in [5.74, 6) is -0.314. The third-order valence-corrected chi connectivity index (χ3v) is 8.21. The first kappa shape index (κ1) is 31.4. The number of methoxy groups -OCH3 is 1. The van der Waals surface area contributed by atoms with Gasteiger partial charge in [0.05, 0.1) is 33.4 Å². The fourth-order valence-electron chi connectivity index (χ4n) is 5.73. The SMILES string of the molecule is COC(=O)C1C[C@@H]2CN1C(=O)[C@H](C(C)(C)C)NC(=O)OCC(C)(C)CCCCCOc1cccc3c1CN(C3)C(=O)O2. The second-order valence-corrected chi connectivity index (χ2v) is 13.4.